The van der Waals surface area contributed by atoms with Crippen LogP contribution >= 0.6 is 0 Å². The van der Waals surface area contributed by atoms with Crippen LogP contribution in [0.1, 0.15) is 88.9 Å². The van der Waals surface area contributed by atoms with Crippen molar-refractivity contribution in [2.24, 2.45) is 5.41 Å². The molecule has 1 fully saturated rings. The first-order chi connectivity index (χ1) is 20.6. The van der Waals surface area contributed by atoms with Crippen molar-refractivity contribution in [1.82, 2.24) is 25.8 Å². The molecule has 1 saturated heterocycles. The lowest BCUT2D eigenvalue weighted by atomic mass is 9.85. The maximum atomic E-state index is 13.9. The van der Waals surface area contributed by atoms with Gasteiger partial charge in [-0.3, -0.25) is 19.2 Å². The van der Waals surface area contributed by atoms with Crippen molar-refractivity contribution in [2.75, 3.05) is 20.1 Å². The predicted molar refractivity (Wildman–Crippen MR) is 175 cm³/mol. The normalized spacial score (nSPS) is 16.5. The first-order valence-corrected chi connectivity index (χ1v) is 15.7. The van der Waals surface area contributed by atoms with Crippen molar-refractivity contribution >= 4 is 23.6 Å². The van der Waals surface area contributed by atoms with E-state index in [0.717, 1.165) is 24.0 Å². The number of hydrogen-bond acceptors (Lipinski definition) is 5. The number of carbonyl (C=O) groups is 4. The van der Waals surface area contributed by atoms with Crippen LogP contribution in [0.5, 0.6) is 0 Å². The molecule has 9 nitrogen and oxygen atoms in total. The molecular formula is C35H51N5O4. The first kappa shape index (κ1) is 34.8. The second-order valence-electron chi connectivity index (χ2n) is 13.5. The van der Waals surface area contributed by atoms with E-state index in [1.165, 1.54) is 0 Å². The Labute approximate surface area is 263 Å². The average Bonchev–Trinajstić information content (AvgIpc) is 3.45. The van der Waals surface area contributed by atoms with Crippen LogP contribution in [-0.2, 0) is 9.59 Å². The lowest BCUT2D eigenvalue weighted by molar-refractivity contribution is -0.140. The zero-order chi connectivity index (χ0) is 32.8. The Morgan fingerprint density at radius 2 is 1.41 bits per heavy atom. The molecule has 0 aliphatic carbocycles. The summed E-state index contributed by atoms with van der Waals surface area (Å²) in [6.07, 6.45) is 1.64. The second kappa shape index (κ2) is 14.8. The van der Waals surface area contributed by atoms with Gasteiger partial charge in [0.25, 0.3) is 11.8 Å². The summed E-state index contributed by atoms with van der Waals surface area (Å²) in [5.74, 6) is -0.516. The van der Waals surface area contributed by atoms with Gasteiger partial charge in [-0.2, -0.15) is 0 Å². The van der Waals surface area contributed by atoms with Crippen LogP contribution in [0.25, 0.3) is 11.1 Å². The summed E-state index contributed by atoms with van der Waals surface area (Å²) in [5, 5.41) is 8.80. The number of nitrogens with one attached hydrogen (secondary N) is 3. The number of likely N-dealkylation sites (tertiary alicyclic amines) is 1. The van der Waals surface area contributed by atoms with Crippen LogP contribution < -0.4 is 16.0 Å². The first-order valence-electron chi connectivity index (χ1n) is 15.7. The number of benzene rings is 2. The van der Waals surface area contributed by atoms with Gasteiger partial charge in [-0.25, -0.2) is 0 Å². The monoisotopic (exact) mass is 605 g/mol. The van der Waals surface area contributed by atoms with Crippen LogP contribution in [0.4, 0.5) is 0 Å². The number of likely N-dealkylation sites (N-methyl/N-ethyl adjacent to an activating group) is 1. The fraction of sp³-hybridized carbons (Fsp3) is 0.543. The van der Waals surface area contributed by atoms with Crippen molar-refractivity contribution in [3.63, 3.8) is 0 Å². The van der Waals surface area contributed by atoms with Gasteiger partial charge in [0, 0.05) is 42.3 Å². The Morgan fingerprint density at radius 1 is 0.864 bits per heavy atom. The van der Waals surface area contributed by atoms with Gasteiger partial charge in [0.2, 0.25) is 11.8 Å². The molecule has 2 aromatic rings. The Kier molecular flexibility index (Phi) is 11.7. The van der Waals surface area contributed by atoms with Crippen molar-refractivity contribution in [2.45, 2.75) is 98.4 Å². The molecule has 240 valence electrons. The maximum Gasteiger partial charge on any atom is 0.254 e. The van der Waals surface area contributed by atoms with E-state index in [-0.39, 0.29) is 41.8 Å². The van der Waals surface area contributed by atoms with Crippen molar-refractivity contribution < 1.29 is 19.2 Å². The molecule has 3 N–H and O–H groups in total. The van der Waals surface area contributed by atoms with E-state index in [1.54, 1.807) is 26.1 Å². The van der Waals surface area contributed by atoms with Gasteiger partial charge in [-0.15, -0.1) is 0 Å². The molecule has 9 heteroatoms. The summed E-state index contributed by atoms with van der Waals surface area (Å²) < 4.78 is 0. The van der Waals surface area contributed by atoms with Crippen molar-refractivity contribution in [1.29, 1.82) is 0 Å². The molecule has 1 aliphatic rings. The average molecular weight is 606 g/mol. The van der Waals surface area contributed by atoms with Crippen LogP contribution in [0.2, 0.25) is 0 Å². The molecule has 1 heterocycles. The number of amides is 4. The zero-order valence-electron chi connectivity index (χ0n) is 27.9. The highest BCUT2D eigenvalue weighted by atomic mass is 16.2. The molecule has 0 radical (unpaired) electrons. The highest BCUT2D eigenvalue weighted by Gasteiger charge is 2.41. The smallest absolute Gasteiger partial charge is 0.254 e. The molecule has 0 unspecified atom stereocenters. The highest BCUT2D eigenvalue weighted by Crippen LogP contribution is 2.27. The predicted octanol–water partition coefficient (Wildman–Crippen LogP) is 4.47. The summed E-state index contributed by atoms with van der Waals surface area (Å²) in [6.45, 7) is 16.5. The van der Waals surface area contributed by atoms with Gasteiger partial charge >= 0.3 is 0 Å². The molecule has 0 bridgehead atoms. The lowest BCUT2D eigenvalue weighted by Gasteiger charge is -2.38. The minimum Gasteiger partial charge on any atom is -0.350 e. The topological polar surface area (TPSA) is 111 Å². The fourth-order valence-corrected chi connectivity index (χ4v) is 5.41. The summed E-state index contributed by atoms with van der Waals surface area (Å²) in [5.41, 5.74) is 2.60. The van der Waals surface area contributed by atoms with E-state index in [1.807, 2.05) is 94.7 Å². The lowest BCUT2D eigenvalue weighted by Crippen LogP contribution is -2.59. The van der Waals surface area contributed by atoms with Crippen LogP contribution in [0.3, 0.4) is 0 Å². The van der Waals surface area contributed by atoms with E-state index in [2.05, 4.69) is 16.0 Å². The molecule has 3 rings (SSSR count). The summed E-state index contributed by atoms with van der Waals surface area (Å²) in [7, 11) is 1.72. The Bertz CT molecular complexity index is 1300. The molecular weight excluding hydrogens is 554 g/mol. The van der Waals surface area contributed by atoms with E-state index in [4.69, 9.17) is 0 Å². The minimum atomic E-state index is -0.680. The van der Waals surface area contributed by atoms with Gasteiger partial charge in [0.15, 0.2) is 0 Å². The standard InChI is InChI=1S/C35H51N5O4/c1-22(2)37-32(42)27-16-12-25(13-17-27)26-14-18-28(19-15-26)33(43)40(23(3)4)21-29-11-10-20-39(29)34(44)30(35(6,7)8)38-31(41)24(5)36-9/h12-19,22-24,29-30,36H,10-11,20-21H2,1-9H3,(H,37,42)(H,38,41)/t24-,29-,30+/m0/s1. The third-order valence-corrected chi connectivity index (χ3v) is 8.21. The van der Waals surface area contributed by atoms with E-state index < -0.39 is 17.5 Å². The SMILES string of the molecule is CN[C@@H](C)C(=O)N[C@H](C(=O)N1CCC[C@H]1CN(C(=O)c1ccc(-c2ccc(C(=O)NC(C)C)cc2)cc1)C(C)C)C(C)(C)C. The summed E-state index contributed by atoms with van der Waals surface area (Å²) in [4.78, 5) is 56.3. The highest BCUT2D eigenvalue weighted by molar-refractivity contribution is 5.96. The van der Waals surface area contributed by atoms with Crippen LogP contribution in [0.15, 0.2) is 48.5 Å². The minimum absolute atomic E-state index is 0.0650. The zero-order valence-corrected chi connectivity index (χ0v) is 27.9. The third kappa shape index (κ3) is 8.68. The van der Waals surface area contributed by atoms with Crippen molar-refractivity contribution in [3.05, 3.63) is 59.7 Å². The van der Waals surface area contributed by atoms with E-state index in [0.29, 0.717) is 24.2 Å². The van der Waals surface area contributed by atoms with E-state index >= 15 is 0 Å². The van der Waals surface area contributed by atoms with Gasteiger partial charge in [0.1, 0.15) is 6.04 Å². The molecule has 0 saturated carbocycles. The van der Waals surface area contributed by atoms with E-state index in [9.17, 15) is 19.2 Å². The number of hydrogen-bond donors (Lipinski definition) is 3. The molecule has 3 atom stereocenters. The van der Waals surface area contributed by atoms with Gasteiger partial charge < -0.3 is 25.8 Å². The fourth-order valence-electron chi connectivity index (χ4n) is 5.41. The molecule has 1 aliphatic heterocycles. The molecule has 0 spiro atoms. The Balaban J connectivity index is 1.74. The Morgan fingerprint density at radius 3 is 1.89 bits per heavy atom. The number of carbonyl (C=O) groups excluding carboxylic acids is 4. The largest absolute Gasteiger partial charge is 0.350 e. The molecule has 0 aromatic heterocycles. The number of nitrogens with zero attached hydrogens (tertiary/aromatic N) is 2. The summed E-state index contributed by atoms with van der Waals surface area (Å²) >= 11 is 0. The van der Waals surface area contributed by atoms with Gasteiger partial charge in [-0.05, 0) is 95.3 Å². The molecule has 4 amide bonds. The summed E-state index contributed by atoms with van der Waals surface area (Å²) in [6, 6.07) is 13.7. The maximum absolute atomic E-state index is 13.9. The molecule has 2 aromatic carbocycles. The second-order valence-corrected chi connectivity index (χ2v) is 13.5. The molecule has 44 heavy (non-hydrogen) atoms. The quantitative estimate of drug-likeness (QED) is 0.350. The van der Waals surface area contributed by atoms with Gasteiger partial charge in [-0.1, -0.05) is 45.0 Å². The van der Waals surface area contributed by atoms with Crippen LogP contribution in [0, 0.1) is 5.41 Å². The Hall–Kier alpha value is -3.72. The van der Waals surface area contributed by atoms with Crippen LogP contribution in [-0.4, -0.2) is 83.8 Å². The number of rotatable bonds is 11. The van der Waals surface area contributed by atoms with Gasteiger partial charge in [0.05, 0.1) is 6.04 Å². The van der Waals surface area contributed by atoms with Crippen molar-refractivity contribution in [3.8, 4) is 11.1 Å². The third-order valence-electron chi connectivity index (χ3n) is 8.21.